The molecule has 1 saturated heterocycles. The second kappa shape index (κ2) is 4.33. The van der Waals surface area contributed by atoms with Crippen LogP contribution in [0.2, 0.25) is 0 Å². The van der Waals surface area contributed by atoms with Crippen molar-refractivity contribution in [1.82, 2.24) is 14.6 Å². The smallest absolute Gasteiger partial charge is 0.243 e. The highest BCUT2D eigenvalue weighted by atomic mass is 16.5. The predicted octanol–water partition coefficient (Wildman–Crippen LogP) is 1.63. The molecule has 0 aliphatic carbocycles. The molecule has 0 radical (unpaired) electrons. The first-order valence-corrected chi connectivity index (χ1v) is 5.99. The maximum absolute atomic E-state index is 5.43. The van der Waals surface area contributed by atoms with Crippen LogP contribution in [0.1, 0.15) is 18.5 Å². The summed E-state index contributed by atoms with van der Waals surface area (Å²) in [6.07, 6.45) is 2.22. The van der Waals surface area contributed by atoms with Gasteiger partial charge in [-0.05, 0) is 31.9 Å². The topological polar surface area (TPSA) is 51.5 Å². The molecule has 1 aliphatic rings. The van der Waals surface area contributed by atoms with Gasteiger partial charge in [0.25, 0.3) is 0 Å². The maximum atomic E-state index is 5.43. The van der Waals surface area contributed by atoms with Gasteiger partial charge in [-0.3, -0.25) is 0 Å². The van der Waals surface area contributed by atoms with Crippen molar-refractivity contribution in [3.63, 3.8) is 0 Å². The van der Waals surface area contributed by atoms with Crippen LogP contribution < -0.4 is 5.32 Å². The van der Waals surface area contributed by atoms with Crippen LogP contribution in [0.15, 0.2) is 18.2 Å². The summed E-state index contributed by atoms with van der Waals surface area (Å²) in [7, 11) is 0. The summed E-state index contributed by atoms with van der Waals surface area (Å²) >= 11 is 0. The average molecular weight is 232 g/mol. The Morgan fingerprint density at radius 3 is 3.18 bits per heavy atom. The molecule has 2 aromatic rings. The Morgan fingerprint density at radius 1 is 1.47 bits per heavy atom. The van der Waals surface area contributed by atoms with Crippen LogP contribution >= 0.6 is 0 Å². The van der Waals surface area contributed by atoms with E-state index in [9.17, 15) is 0 Å². The standard InChI is InChI=1S/C12H16N4O/c1-9-4-2-6-11-14-12(15-16(9)11)13-10-5-3-7-17-8-10/h2,4,6,10H,3,5,7-8H2,1H3,(H,13,15). The van der Waals surface area contributed by atoms with Gasteiger partial charge in [0.15, 0.2) is 5.65 Å². The fraction of sp³-hybridized carbons (Fsp3) is 0.500. The Labute approximate surface area is 99.8 Å². The summed E-state index contributed by atoms with van der Waals surface area (Å²) in [5, 5.41) is 7.77. The van der Waals surface area contributed by atoms with Gasteiger partial charge in [-0.2, -0.15) is 4.98 Å². The number of nitrogens with zero attached hydrogens (tertiary/aromatic N) is 3. The van der Waals surface area contributed by atoms with Crippen molar-refractivity contribution in [3.05, 3.63) is 23.9 Å². The van der Waals surface area contributed by atoms with E-state index < -0.39 is 0 Å². The number of fused-ring (bicyclic) bond motifs is 1. The van der Waals surface area contributed by atoms with E-state index in [2.05, 4.69) is 15.4 Å². The molecule has 1 N–H and O–H groups in total. The van der Waals surface area contributed by atoms with Crippen LogP contribution in [0.5, 0.6) is 0 Å². The number of pyridine rings is 1. The first kappa shape index (κ1) is 10.5. The van der Waals surface area contributed by atoms with Crippen molar-refractivity contribution in [2.75, 3.05) is 18.5 Å². The van der Waals surface area contributed by atoms with Gasteiger partial charge in [-0.1, -0.05) is 6.07 Å². The number of hydrogen-bond acceptors (Lipinski definition) is 4. The second-order valence-electron chi connectivity index (χ2n) is 4.43. The normalized spacial score (nSPS) is 20.6. The van der Waals surface area contributed by atoms with E-state index in [0.717, 1.165) is 37.4 Å². The van der Waals surface area contributed by atoms with E-state index >= 15 is 0 Å². The average Bonchev–Trinajstić information content (AvgIpc) is 2.74. The number of aromatic nitrogens is 3. The van der Waals surface area contributed by atoms with E-state index in [1.54, 1.807) is 0 Å². The van der Waals surface area contributed by atoms with Gasteiger partial charge in [-0.15, -0.1) is 5.10 Å². The van der Waals surface area contributed by atoms with Crippen LogP contribution in [0.3, 0.4) is 0 Å². The molecule has 90 valence electrons. The molecule has 0 amide bonds. The molecule has 17 heavy (non-hydrogen) atoms. The quantitative estimate of drug-likeness (QED) is 0.855. The molecule has 1 atom stereocenters. The van der Waals surface area contributed by atoms with Crippen molar-refractivity contribution in [1.29, 1.82) is 0 Å². The highest BCUT2D eigenvalue weighted by molar-refractivity contribution is 5.44. The third-order valence-electron chi connectivity index (χ3n) is 3.04. The van der Waals surface area contributed by atoms with E-state index in [1.165, 1.54) is 0 Å². The lowest BCUT2D eigenvalue weighted by Crippen LogP contribution is -2.30. The first-order valence-electron chi connectivity index (χ1n) is 5.99. The number of ether oxygens (including phenoxy) is 1. The highest BCUT2D eigenvalue weighted by Crippen LogP contribution is 2.13. The minimum Gasteiger partial charge on any atom is -0.379 e. The SMILES string of the molecule is Cc1cccc2nc(NC3CCCOC3)nn12. The molecule has 0 spiro atoms. The Balaban J connectivity index is 1.83. The van der Waals surface area contributed by atoms with Gasteiger partial charge in [0.05, 0.1) is 12.6 Å². The zero-order valence-corrected chi connectivity index (χ0v) is 9.89. The van der Waals surface area contributed by atoms with Gasteiger partial charge in [0, 0.05) is 12.3 Å². The third kappa shape index (κ3) is 2.10. The lowest BCUT2D eigenvalue weighted by molar-refractivity contribution is 0.0874. The molecule has 3 rings (SSSR count). The van der Waals surface area contributed by atoms with Crippen molar-refractivity contribution >= 4 is 11.6 Å². The van der Waals surface area contributed by atoms with Gasteiger partial charge >= 0.3 is 0 Å². The molecule has 0 saturated carbocycles. The number of anilines is 1. The minimum absolute atomic E-state index is 0.335. The predicted molar refractivity (Wildman–Crippen MR) is 65.2 cm³/mol. The Hall–Kier alpha value is -1.62. The number of rotatable bonds is 2. The summed E-state index contributed by atoms with van der Waals surface area (Å²) in [5.41, 5.74) is 1.96. The Bertz CT molecular complexity index is 516. The molecule has 5 nitrogen and oxygen atoms in total. The molecule has 3 heterocycles. The zero-order valence-electron chi connectivity index (χ0n) is 9.89. The lowest BCUT2D eigenvalue weighted by Gasteiger charge is -2.22. The molecule has 1 unspecified atom stereocenters. The monoisotopic (exact) mass is 232 g/mol. The van der Waals surface area contributed by atoms with Gasteiger partial charge < -0.3 is 10.1 Å². The molecular formula is C12H16N4O. The number of hydrogen-bond donors (Lipinski definition) is 1. The molecule has 0 aromatic carbocycles. The molecule has 2 aromatic heterocycles. The summed E-state index contributed by atoms with van der Waals surface area (Å²) in [6, 6.07) is 6.31. The molecule has 0 bridgehead atoms. The Morgan fingerprint density at radius 2 is 2.41 bits per heavy atom. The largest absolute Gasteiger partial charge is 0.379 e. The Kier molecular flexibility index (Phi) is 2.68. The third-order valence-corrected chi connectivity index (χ3v) is 3.04. The van der Waals surface area contributed by atoms with E-state index in [0.29, 0.717) is 12.0 Å². The number of nitrogens with one attached hydrogen (secondary N) is 1. The van der Waals surface area contributed by atoms with Crippen molar-refractivity contribution in [2.24, 2.45) is 0 Å². The number of aryl methyl sites for hydroxylation is 1. The van der Waals surface area contributed by atoms with Crippen LogP contribution in [-0.2, 0) is 4.74 Å². The molecule has 5 heteroatoms. The van der Waals surface area contributed by atoms with Crippen LogP contribution in [0, 0.1) is 6.92 Å². The minimum atomic E-state index is 0.335. The lowest BCUT2D eigenvalue weighted by atomic mass is 10.1. The van der Waals surface area contributed by atoms with Gasteiger partial charge in [-0.25, -0.2) is 4.52 Å². The summed E-state index contributed by atoms with van der Waals surface area (Å²) < 4.78 is 7.28. The maximum Gasteiger partial charge on any atom is 0.243 e. The van der Waals surface area contributed by atoms with Crippen molar-refractivity contribution in [2.45, 2.75) is 25.8 Å². The fourth-order valence-corrected chi connectivity index (χ4v) is 2.13. The van der Waals surface area contributed by atoms with E-state index in [-0.39, 0.29) is 0 Å². The van der Waals surface area contributed by atoms with Crippen LogP contribution in [-0.4, -0.2) is 33.9 Å². The van der Waals surface area contributed by atoms with Crippen LogP contribution in [0.4, 0.5) is 5.95 Å². The van der Waals surface area contributed by atoms with E-state index in [1.807, 2.05) is 29.6 Å². The fourth-order valence-electron chi connectivity index (χ4n) is 2.13. The summed E-state index contributed by atoms with van der Waals surface area (Å²) in [4.78, 5) is 4.45. The van der Waals surface area contributed by atoms with Crippen LogP contribution in [0.25, 0.3) is 5.65 Å². The molecule has 1 fully saturated rings. The van der Waals surface area contributed by atoms with Gasteiger partial charge in [0.1, 0.15) is 0 Å². The van der Waals surface area contributed by atoms with Crippen molar-refractivity contribution in [3.8, 4) is 0 Å². The second-order valence-corrected chi connectivity index (χ2v) is 4.43. The highest BCUT2D eigenvalue weighted by Gasteiger charge is 2.15. The van der Waals surface area contributed by atoms with Crippen molar-refractivity contribution < 1.29 is 4.74 Å². The van der Waals surface area contributed by atoms with Gasteiger partial charge in [0.2, 0.25) is 5.95 Å². The first-order chi connectivity index (χ1) is 8.33. The molecule has 1 aliphatic heterocycles. The zero-order chi connectivity index (χ0) is 11.7. The van der Waals surface area contributed by atoms with E-state index in [4.69, 9.17) is 4.74 Å². The summed E-state index contributed by atoms with van der Waals surface area (Å²) in [6.45, 7) is 3.64. The summed E-state index contributed by atoms with van der Waals surface area (Å²) in [5.74, 6) is 0.690. The molecular weight excluding hydrogens is 216 g/mol.